The quantitative estimate of drug-likeness (QED) is 0.312. The van der Waals surface area contributed by atoms with E-state index in [9.17, 15) is 4.79 Å². The standard InChI is InChI=1S/C32H39NO5/c1-31(2,3)38-30(34)33-24-32(4,37-22-27-18-12-7-13-19-27)29(36-21-26-16-10-6-11-17-26)28(33)23-35-20-25-14-8-5-9-15-25/h5-19,28-29H,20-24H2,1-4H3/t28-,29-,32+/m1/s1. The highest BCUT2D eigenvalue weighted by molar-refractivity contribution is 5.69. The highest BCUT2D eigenvalue weighted by atomic mass is 16.6. The fourth-order valence-corrected chi connectivity index (χ4v) is 4.68. The van der Waals surface area contributed by atoms with Crippen LogP contribution in [0.3, 0.4) is 0 Å². The summed E-state index contributed by atoms with van der Waals surface area (Å²) in [6.07, 6.45) is -0.833. The van der Waals surface area contributed by atoms with Crippen molar-refractivity contribution >= 4 is 6.09 Å². The first-order valence-corrected chi connectivity index (χ1v) is 13.2. The second kappa shape index (κ2) is 12.6. The van der Waals surface area contributed by atoms with Crippen LogP contribution in [0.4, 0.5) is 4.79 Å². The molecule has 202 valence electrons. The predicted octanol–water partition coefficient (Wildman–Crippen LogP) is 6.38. The summed E-state index contributed by atoms with van der Waals surface area (Å²) in [6.45, 7) is 9.48. The van der Waals surface area contributed by atoms with Crippen LogP contribution in [0, 0.1) is 0 Å². The summed E-state index contributed by atoms with van der Waals surface area (Å²) in [7, 11) is 0. The van der Waals surface area contributed by atoms with Crippen LogP contribution in [0.15, 0.2) is 91.0 Å². The van der Waals surface area contributed by atoms with Gasteiger partial charge in [0.1, 0.15) is 17.3 Å². The number of ether oxygens (including phenoxy) is 4. The molecule has 3 atom stereocenters. The molecule has 0 aliphatic carbocycles. The zero-order chi connectivity index (χ0) is 27.0. The highest BCUT2D eigenvalue weighted by Gasteiger charge is 2.54. The third-order valence-corrected chi connectivity index (χ3v) is 6.55. The molecule has 0 unspecified atom stereocenters. The van der Waals surface area contributed by atoms with Gasteiger partial charge in [-0.3, -0.25) is 4.90 Å². The van der Waals surface area contributed by atoms with Crippen molar-refractivity contribution in [1.82, 2.24) is 4.90 Å². The molecule has 38 heavy (non-hydrogen) atoms. The summed E-state index contributed by atoms with van der Waals surface area (Å²) in [5.74, 6) is 0. The van der Waals surface area contributed by atoms with Gasteiger partial charge in [0.05, 0.1) is 39.0 Å². The molecule has 0 radical (unpaired) electrons. The number of hydrogen-bond donors (Lipinski definition) is 0. The van der Waals surface area contributed by atoms with E-state index in [0.29, 0.717) is 26.4 Å². The van der Waals surface area contributed by atoms with E-state index in [0.717, 1.165) is 16.7 Å². The average molecular weight is 518 g/mol. The Morgan fingerprint density at radius 1 is 0.816 bits per heavy atom. The van der Waals surface area contributed by atoms with Gasteiger partial charge in [-0.05, 0) is 44.4 Å². The van der Waals surface area contributed by atoms with E-state index < -0.39 is 29.4 Å². The molecule has 1 aliphatic heterocycles. The normalized spacial score (nSPS) is 21.4. The molecule has 3 aromatic rings. The van der Waals surface area contributed by atoms with Gasteiger partial charge < -0.3 is 18.9 Å². The largest absolute Gasteiger partial charge is 0.444 e. The van der Waals surface area contributed by atoms with Crippen LogP contribution in [0.5, 0.6) is 0 Å². The summed E-state index contributed by atoms with van der Waals surface area (Å²) in [4.78, 5) is 15.1. The lowest BCUT2D eigenvalue weighted by atomic mass is 9.98. The van der Waals surface area contributed by atoms with Gasteiger partial charge in [0, 0.05) is 0 Å². The number of benzene rings is 3. The van der Waals surface area contributed by atoms with Crippen LogP contribution in [-0.4, -0.2) is 47.5 Å². The molecule has 6 heteroatoms. The Bertz CT molecular complexity index is 1130. The molecule has 4 rings (SSSR count). The number of carbonyl (C=O) groups is 1. The van der Waals surface area contributed by atoms with Crippen LogP contribution in [0.1, 0.15) is 44.4 Å². The predicted molar refractivity (Wildman–Crippen MR) is 147 cm³/mol. The van der Waals surface area contributed by atoms with Crippen LogP contribution >= 0.6 is 0 Å². The van der Waals surface area contributed by atoms with E-state index in [4.69, 9.17) is 18.9 Å². The lowest BCUT2D eigenvalue weighted by Crippen LogP contribution is -2.47. The number of likely N-dealkylation sites (tertiary alicyclic amines) is 1. The van der Waals surface area contributed by atoms with Crippen molar-refractivity contribution in [3.63, 3.8) is 0 Å². The number of carbonyl (C=O) groups excluding carboxylic acids is 1. The number of hydrogen-bond acceptors (Lipinski definition) is 5. The second-order valence-electron chi connectivity index (χ2n) is 11.0. The van der Waals surface area contributed by atoms with Crippen molar-refractivity contribution in [3.05, 3.63) is 108 Å². The maximum absolute atomic E-state index is 13.4. The Morgan fingerprint density at radius 3 is 1.84 bits per heavy atom. The Morgan fingerprint density at radius 2 is 1.32 bits per heavy atom. The number of nitrogens with zero attached hydrogens (tertiary/aromatic N) is 1. The van der Waals surface area contributed by atoms with E-state index >= 15 is 0 Å². The van der Waals surface area contributed by atoms with Gasteiger partial charge in [0.15, 0.2) is 0 Å². The Balaban J connectivity index is 1.58. The molecule has 1 saturated heterocycles. The molecular weight excluding hydrogens is 478 g/mol. The minimum Gasteiger partial charge on any atom is -0.444 e. The van der Waals surface area contributed by atoms with Crippen molar-refractivity contribution in [2.24, 2.45) is 0 Å². The summed E-state index contributed by atoms with van der Waals surface area (Å²) in [6, 6.07) is 29.7. The fourth-order valence-electron chi connectivity index (χ4n) is 4.68. The van der Waals surface area contributed by atoms with Gasteiger partial charge in [0.2, 0.25) is 0 Å². The minimum absolute atomic E-state index is 0.290. The van der Waals surface area contributed by atoms with Gasteiger partial charge in [-0.2, -0.15) is 0 Å². The first-order valence-electron chi connectivity index (χ1n) is 13.2. The molecule has 3 aromatic carbocycles. The van der Waals surface area contributed by atoms with Gasteiger partial charge >= 0.3 is 6.09 Å². The molecule has 0 bridgehead atoms. The molecule has 0 N–H and O–H groups in total. The third kappa shape index (κ3) is 7.67. The third-order valence-electron chi connectivity index (χ3n) is 6.55. The van der Waals surface area contributed by atoms with Gasteiger partial charge in [-0.15, -0.1) is 0 Å². The molecular formula is C32H39NO5. The Labute approximate surface area is 226 Å². The SMILES string of the molecule is CC(C)(C)OC(=O)N1C[C@](C)(OCc2ccccc2)[C@H](OCc2ccccc2)[C@H]1COCc1ccccc1. The average Bonchev–Trinajstić information content (AvgIpc) is 3.19. The minimum atomic E-state index is -0.775. The molecule has 0 saturated carbocycles. The van der Waals surface area contributed by atoms with Crippen molar-refractivity contribution in [2.75, 3.05) is 13.2 Å². The molecule has 1 heterocycles. The smallest absolute Gasteiger partial charge is 0.410 e. The summed E-state index contributed by atoms with van der Waals surface area (Å²) in [5, 5.41) is 0. The Hall–Kier alpha value is -3.19. The van der Waals surface area contributed by atoms with Crippen molar-refractivity contribution in [1.29, 1.82) is 0 Å². The maximum atomic E-state index is 13.4. The second-order valence-corrected chi connectivity index (χ2v) is 11.0. The lowest BCUT2D eigenvalue weighted by molar-refractivity contribution is -0.134. The topological polar surface area (TPSA) is 57.2 Å². The van der Waals surface area contributed by atoms with Gasteiger partial charge in [-0.1, -0.05) is 91.0 Å². The number of rotatable bonds is 10. The fraction of sp³-hybridized carbons (Fsp3) is 0.406. The van der Waals surface area contributed by atoms with E-state index in [1.807, 2.05) is 119 Å². The first-order chi connectivity index (χ1) is 18.2. The van der Waals surface area contributed by atoms with Crippen molar-refractivity contribution < 1.29 is 23.7 Å². The van der Waals surface area contributed by atoms with Crippen LogP contribution in [0.2, 0.25) is 0 Å². The Kier molecular flexibility index (Phi) is 9.21. The van der Waals surface area contributed by atoms with Crippen LogP contribution in [-0.2, 0) is 38.8 Å². The summed E-state index contributed by atoms with van der Waals surface area (Å²) < 4.78 is 25.1. The number of amides is 1. The maximum Gasteiger partial charge on any atom is 0.410 e. The zero-order valence-electron chi connectivity index (χ0n) is 22.8. The zero-order valence-corrected chi connectivity index (χ0v) is 22.8. The van der Waals surface area contributed by atoms with Gasteiger partial charge in [0.25, 0.3) is 0 Å². The monoisotopic (exact) mass is 517 g/mol. The molecule has 1 fully saturated rings. The van der Waals surface area contributed by atoms with E-state index in [2.05, 4.69) is 0 Å². The molecule has 1 amide bonds. The molecule has 6 nitrogen and oxygen atoms in total. The lowest BCUT2D eigenvalue weighted by Gasteiger charge is -2.33. The van der Waals surface area contributed by atoms with Crippen LogP contribution < -0.4 is 0 Å². The van der Waals surface area contributed by atoms with E-state index in [1.165, 1.54) is 0 Å². The summed E-state index contributed by atoms with van der Waals surface area (Å²) >= 11 is 0. The van der Waals surface area contributed by atoms with Gasteiger partial charge in [-0.25, -0.2) is 4.79 Å². The van der Waals surface area contributed by atoms with Crippen LogP contribution in [0.25, 0.3) is 0 Å². The van der Waals surface area contributed by atoms with E-state index in [-0.39, 0.29) is 6.61 Å². The van der Waals surface area contributed by atoms with E-state index in [1.54, 1.807) is 4.90 Å². The van der Waals surface area contributed by atoms with Crippen molar-refractivity contribution in [3.8, 4) is 0 Å². The molecule has 0 spiro atoms. The first kappa shape index (κ1) is 27.8. The summed E-state index contributed by atoms with van der Waals surface area (Å²) in [5.41, 5.74) is 1.78. The highest BCUT2D eigenvalue weighted by Crippen LogP contribution is 2.36. The van der Waals surface area contributed by atoms with Crippen molar-refractivity contribution in [2.45, 2.75) is 70.9 Å². The molecule has 0 aromatic heterocycles. The molecule has 1 aliphatic rings.